The monoisotopic (exact) mass is 243 g/mol. The zero-order valence-corrected chi connectivity index (χ0v) is 10.2. The van der Waals surface area contributed by atoms with Crippen LogP contribution in [0.15, 0.2) is 48.3 Å². The van der Waals surface area contributed by atoms with E-state index in [0.29, 0.717) is 6.54 Å². The van der Waals surface area contributed by atoms with Gasteiger partial charge in [0.1, 0.15) is 6.23 Å². The van der Waals surface area contributed by atoms with Crippen molar-refractivity contribution in [3.8, 4) is 0 Å². The van der Waals surface area contributed by atoms with Crippen LogP contribution >= 0.6 is 0 Å². The molecule has 0 bridgehead atoms. The SMILES string of the molecule is OC1CN(Cc2ccccn2)CC2=CC=CCN21. The minimum absolute atomic E-state index is 0.418. The highest BCUT2D eigenvalue weighted by molar-refractivity contribution is 5.21. The van der Waals surface area contributed by atoms with E-state index in [0.717, 1.165) is 25.3 Å². The summed E-state index contributed by atoms with van der Waals surface area (Å²) in [6.45, 7) is 3.14. The van der Waals surface area contributed by atoms with Gasteiger partial charge >= 0.3 is 0 Å². The smallest absolute Gasteiger partial charge is 0.139 e. The van der Waals surface area contributed by atoms with E-state index >= 15 is 0 Å². The van der Waals surface area contributed by atoms with Crippen LogP contribution < -0.4 is 0 Å². The summed E-state index contributed by atoms with van der Waals surface area (Å²) in [5.74, 6) is 0. The first-order valence-electron chi connectivity index (χ1n) is 6.25. The standard InChI is InChI=1S/C14H17N3O/c18-14-11-16(9-12-5-1-3-7-15-12)10-13-6-2-4-8-17(13)14/h1-7,14,18H,8-11H2. The van der Waals surface area contributed by atoms with Gasteiger partial charge in [-0.2, -0.15) is 0 Å². The third-order valence-corrected chi connectivity index (χ3v) is 3.37. The number of allylic oxidation sites excluding steroid dienone is 2. The molecule has 3 heterocycles. The first kappa shape index (κ1) is 11.4. The van der Waals surface area contributed by atoms with Gasteiger partial charge in [0.15, 0.2) is 0 Å². The third kappa shape index (κ3) is 2.30. The van der Waals surface area contributed by atoms with Crippen molar-refractivity contribution < 1.29 is 5.11 Å². The van der Waals surface area contributed by atoms with Crippen molar-refractivity contribution in [2.75, 3.05) is 19.6 Å². The second kappa shape index (κ2) is 4.92. The summed E-state index contributed by atoms with van der Waals surface area (Å²) in [7, 11) is 0. The molecule has 1 saturated heterocycles. The molecular formula is C14H17N3O. The number of pyridine rings is 1. The van der Waals surface area contributed by atoms with Crippen LogP contribution in [0, 0.1) is 0 Å². The van der Waals surface area contributed by atoms with Crippen LogP contribution in [0.1, 0.15) is 5.69 Å². The predicted octanol–water partition coefficient (Wildman–Crippen LogP) is 0.971. The maximum absolute atomic E-state index is 10.1. The van der Waals surface area contributed by atoms with Crippen LogP contribution in [-0.2, 0) is 6.54 Å². The molecule has 18 heavy (non-hydrogen) atoms. The normalized spacial score (nSPS) is 23.7. The molecule has 1 aromatic rings. The van der Waals surface area contributed by atoms with Gasteiger partial charge in [-0.1, -0.05) is 18.2 Å². The van der Waals surface area contributed by atoms with Crippen molar-refractivity contribution in [2.45, 2.75) is 12.8 Å². The van der Waals surface area contributed by atoms with Crippen LogP contribution in [0.5, 0.6) is 0 Å². The number of hydrogen-bond donors (Lipinski definition) is 1. The summed E-state index contributed by atoms with van der Waals surface area (Å²) < 4.78 is 0. The molecule has 1 atom stereocenters. The number of aliphatic hydroxyl groups excluding tert-OH is 1. The highest BCUT2D eigenvalue weighted by Crippen LogP contribution is 2.21. The van der Waals surface area contributed by atoms with E-state index < -0.39 is 6.23 Å². The van der Waals surface area contributed by atoms with Crippen molar-refractivity contribution in [3.05, 3.63) is 54.0 Å². The van der Waals surface area contributed by atoms with Gasteiger partial charge in [-0.3, -0.25) is 9.88 Å². The molecule has 1 N–H and O–H groups in total. The molecule has 0 saturated carbocycles. The molecule has 2 aliphatic rings. The molecule has 4 heteroatoms. The van der Waals surface area contributed by atoms with E-state index in [9.17, 15) is 5.11 Å². The highest BCUT2D eigenvalue weighted by atomic mass is 16.3. The molecule has 0 amide bonds. The Bertz CT molecular complexity index is 469. The lowest BCUT2D eigenvalue weighted by atomic mass is 10.1. The lowest BCUT2D eigenvalue weighted by Gasteiger charge is -2.42. The number of aromatic nitrogens is 1. The van der Waals surface area contributed by atoms with Crippen LogP contribution in [0.2, 0.25) is 0 Å². The van der Waals surface area contributed by atoms with Gasteiger partial charge < -0.3 is 10.0 Å². The molecule has 1 aromatic heterocycles. The molecule has 3 rings (SSSR count). The number of nitrogens with zero attached hydrogens (tertiary/aromatic N) is 3. The average Bonchev–Trinajstić information content (AvgIpc) is 2.40. The Hall–Kier alpha value is -1.65. The topological polar surface area (TPSA) is 39.6 Å². The van der Waals surface area contributed by atoms with Gasteiger partial charge in [0.2, 0.25) is 0 Å². The molecule has 0 aromatic carbocycles. The van der Waals surface area contributed by atoms with Crippen molar-refractivity contribution in [2.24, 2.45) is 0 Å². The van der Waals surface area contributed by atoms with E-state index in [2.05, 4.69) is 33.0 Å². The first-order chi connectivity index (χ1) is 8.83. The highest BCUT2D eigenvalue weighted by Gasteiger charge is 2.28. The molecule has 0 spiro atoms. The molecule has 0 radical (unpaired) electrons. The van der Waals surface area contributed by atoms with E-state index in [4.69, 9.17) is 0 Å². The molecule has 1 fully saturated rings. The van der Waals surface area contributed by atoms with E-state index in [1.807, 2.05) is 24.4 Å². The Labute approximate surface area is 107 Å². The lowest BCUT2D eigenvalue weighted by molar-refractivity contribution is -0.0267. The minimum Gasteiger partial charge on any atom is -0.372 e. The van der Waals surface area contributed by atoms with Gasteiger partial charge in [0, 0.05) is 38.1 Å². The van der Waals surface area contributed by atoms with Crippen LogP contribution in [0.3, 0.4) is 0 Å². The van der Waals surface area contributed by atoms with Gasteiger partial charge in [-0.25, -0.2) is 0 Å². The summed E-state index contributed by atoms with van der Waals surface area (Å²) in [5.41, 5.74) is 2.23. The minimum atomic E-state index is -0.418. The molecule has 2 aliphatic heterocycles. The lowest BCUT2D eigenvalue weighted by Crippen LogP contribution is -2.51. The zero-order valence-electron chi connectivity index (χ0n) is 10.2. The summed E-state index contributed by atoms with van der Waals surface area (Å²) >= 11 is 0. The number of hydrogen-bond acceptors (Lipinski definition) is 4. The zero-order chi connectivity index (χ0) is 12.4. The molecule has 1 unspecified atom stereocenters. The molecule has 4 nitrogen and oxygen atoms in total. The van der Waals surface area contributed by atoms with Gasteiger partial charge in [0.05, 0.1) is 5.69 Å². The van der Waals surface area contributed by atoms with Crippen LogP contribution in [0.4, 0.5) is 0 Å². The summed E-state index contributed by atoms with van der Waals surface area (Å²) in [6, 6.07) is 5.94. The largest absolute Gasteiger partial charge is 0.372 e. The number of rotatable bonds is 2. The number of piperazine rings is 1. The number of aliphatic hydroxyl groups is 1. The van der Waals surface area contributed by atoms with E-state index in [-0.39, 0.29) is 0 Å². The van der Waals surface area contributed by atoms with Gasteiger partial charge in [-0.15, -0.1) is 0 Å². The van der Waals surface area contributed by atoms with E-state index in [1.54, 1.807) is 0 Å². The summed E-state index contributed by atoms with van der Waals surface area (Å²) in [5, 5.41) is 10.1. The summed E-state index contributed by atoms with van der Waals surface area (Å²) in [6.07, 6.45) is 7.60. The predicted molar refractivity (Wildman–Crippen MR) is 69.4 cm³/mol. The Morgan fingerprint density at radius 1 is 1.39 bits per heavy atom. The third-order valence-electron chi connectivity index (χ3n) is 3.37. The summed E-state index contributed by atoms with van der Waals surface area (Å²) in [4.78, 5) is 8.61. The molecule has 0 aliphatic carbocycles. The molecule has 94 valence electrons. The second-order valence-electron chi connectivity index (χ2n) is 4.71. The van der Waals surface area contributed by atoms with Gasteiger partial charge in [-0.05, 0) is 18.2 Å². The van der Waals surface area contributed by atoms with Crippen LogP contribution in [0.25, 0.3) is 0 Å². The van der Waals surface area contributed by atoms with Crippen LogP contribution in [-0.4, -0.2) is 45.8 Å². The quantitative estimate of drug-likeness (QED) is 0.840. The van der Waals surface area contributed by atoms with E-state index in [1.165, 1.54) is 5.70 Å². The maximum Gasteiger partial charge on any atom is 0.139 e. The second-order valence-corrected chi connectivity index (χ2v) is 4.71. The fraction of sp³-hybridized carbons (Fsp3) is 0.357. The van der Waals surface area contributed by atoms with Crippen molar-refractivity contribution in [1.29, 1.82) is 0 Å². The Morgan fingerprint density at radius 2 is 2.33 bits per heavy atom. The Morgan fingerprint density at radius 3 is 3.17 bits per heavy atom. The average molecular weight is 243 g/mol. The number of fused-ring (bicyclic) bond motifs is 1. The van der Waals surface area contributed by atoms with Crippen molar-refractivity contribution in [3.63, 3.8) is 0 Å². The fourth-order valence-electron chi connectivity index (χ4n) is 2.49. The molecular weight excluding hydrogens is 226 g/mol. The Kier molecular flexibility index (Phi) is 3.13. The maximum atomic E-state index is 10.1. The fourth-order valence-corrected chi connectivity index (χ4v) is 2.49. The first-order valence-corrected chi connectivity index (χ1v) is 6.25. The van der Waals surface area contributed by atoms with Crippen molar-refractivity contribution in [1.82, 2.24) is 14.8 Å². The number of β-amino-alcohol motifs (C(OH)–C–C–N with tert-alkyl or cyclic N) is 1. The van der Waals surface area contributed by atoms with Crippen molar-refractivity contribution >= 4 is 0 Å². The van der Waals surface area contributed by atoms with Gasteiger partial charge in [0.25, 0.3) is 0 Å². The Balaban J connectivity index is 1.71.